The average molecular weight is 498 g/mol. The van der Waals surface area contributed by atoms with Gasteiger partial charge in [0.05, 0.1) is 34.8 Å². The Kier molecular flexibility index (Phi) is 8.92. The molecule has 1 amide bonds. The molecule has 1 fully saturated rings. The van der Waals surface area contributed by atoms with Crippen LogP contribution in [0.2, 0.25) is 0 Å². The smallest absolute Gasteiger partial charge is 0.280 e. The van der Waals surface area contributed by atoms with Gasteiger partial charge in [-0.05, 0) is 25.5 Å². The van der Waals surface area contributed by atoms with Crippen LogP contribution in [0.5, 0.6) is 0 Å². The van der Waals surface area contributed by atoms with Crippen molar-refractivity contribution in [3.05, 3.63) is 40.9 Å². The van der Waals surface area contributed by atoms with E-state index < -0.39 is 27.1 Å². The molecule has 0 unspecified atom stereocenters. The van der Waals surface area contributed by atoms with Crippen molar-refractivity contribution in [3.63, 3.8) is 0 Å². The zero-order valence-electron chi connectivity index (χ0n) is 18.6. The molecule has 1 aromatic carbocycles. The van der Waals surface area contributed by atoms with Crippen molar-refractivity contribution in [2.45, 2.75) is 36.2 Å². The Hall–Kier alpha value is -2.38. The molecule has 0 radical (unpaired) electrons. The molecule has 0 saturated carbocycles. The standard InChI is InChI=1S/C21H27N3O7S2/c1-14(11-28-2)31-24-19(20(25)23-21-22-10-16(32-21)12-29-3)15-4-6-17(7-5-15)33(26,27)18-8-9-30-13-18/h4-7,10,14,18H,8-9,11-13H2,1-3H3,(H,22,23,25)/b24-19+/t14-,18+/m1/s1. The number of aromatic nitrogens is 1. The number of nitrogens with one attached hydrogen (secondary N) is 1. The van der Waals surface area contributed by atoms with Crippen LogP contribution in [0.1, 0.15) is 23.8 Å². The molecule has 0 aliphatic carbocycles. The van der Waals surface area contributed by atoms with Gasteiger partial charge in [-0.1, -0.05) is 28.6 Å². The number of carbonyl (C=O) groups is 1. The normalized spacial score (nSPS) is 17.7. The van der Waals surface area contributed by atoms with Gasteiger partial charge in [0.2, 0.25) is 0 Å². The Labute approximate surface area is 196 Å². The molecule has 0 bridgehead atoms. The lowest BCUT2D eigenvalue weighted by molar-refractivity contribution is -0.110. The number of thiazole rings is 1. The van der Waals surface area contributed by atoms with E-state index in [1.165, 1.54) is 42.7 Å². The molecule has 2 atom stereocenters. The third-order valence-corrected chi connectivity index (χ3v) is 7.85. The van der Waals surface area contributed by atoms with Gasteiger partial charge in [-0.3, -0.25) is 10.1 Å². The second-order valence-corrected chi connectivity index (χ2v) is 10.7. The number of nitrogens with zero attached hydrogens (tertiary/aromatic N) is 2. The first kappa shape index (κ1) is 25.2. The number of oxime groups is 1. The van der Waals surface area contributed by atoms with E-state index in [-0.39, 0.29) is 23.8 Å². The van der Waals surface area contributed by atoms with Crippen LogP contribution >= 0.6 is 11.3 Å². The van der Waals surface area contributed by atoms with E-state index >= 15 is 0 Å². The highest BCUT2D eigenvalue weighted by atomic mass is 32.2. The van der Waals surface area contributed by atoms with Gasteiger partial charge >= 0.3 is 0 Å². The Balaban J connectivity index is 1.83. The van der Waals surface area contributed by atoms with Crippen LogP contribution < -0.4 is 5.32 Å². The molecule has 180 valence electrons. The van der Waals surface area contributed by atoms with E-state index in [1.54, 1.807) is 20.2 Å². The SMILES string of the molecule is COCc1cnc(NC(=O)/C(=N/O[C@H](C)COC)c2ccc(S(=O)(=O)[C@H]3CCOC3)cc2)s1. The fourth-order valence-corrected chi connectivity index (χ4v) is 5.48. The second-order valence-electron chi connectivity index (χ2n) is 7.39. The summed E-state index contributed by atoms with van der Waals surface area (Å²) in [6.45, 7) is 3.03. The van der Waals surface area contributed by atoms with E-state index in [1.807, 2.05) is 0 Å². The molecule has 3 rings (SSSR count). The second kappa shape index (κ2) is 11.7. The summed E-state index contributed by atoms with van der Waals surface area (Å²) in [6.07, 6.45) is 1.68. The lowest BCUT2D eigenvalue weighted by Crippen LogP contribution is -2.26. The van der Waals surface area contributed by atoms with Gasteiger partial charge in [-0.25, -0.2) is 13.4 Å². The minimum absolute atomic E-state index is 0.0189. The number of rotatable bonds is 11. The molecule has 33 heavy (non-hydrogen) atoms. The van der Waals surface area contributed by atoms with E-state index in [2.05, 4.69) is 15.5 Å². The summed E-state index contributed by atoms with van der Waals surface area (Å²) in [4.78, 5) is 23.6. The lowest BCUT2D eigenvalue weighted by atomic mass is 10.1. The molecule has 0 spiro atoms. The number of benzene rings is 1. The summed E-state index contributed by atoms with van der Waals surface area (Å²) in [6, 6.07) is 5.99. The summed E-state index contributed by atoms with van der Waals surface area (Å²) in [5.41, 5.74) is 0.377. The van der Waals surface area contributed by atoms with Gasteiger partial charge in [0, 0.05) is 32.6 Å². The highest BCUT2D eigenvalue weighted by Crippen LogP contribution is 2.23. The van der Waals surface area contributed by atoms with Crippen LogP contribution in [-0.2, 0) is 40.3 Å². The molecule has 10 nitrogen and oxygen atoms in total. The monoisotopic (exact) mass is 497 g/mol. The number of carbonyl (C=O) groups excluding carboxylic acids is 1. The highest BCUT2D eigenvalue weighted by Gasteiger charge is 2.31. The summed E-state index contributed by atoms with van der Waals surface area (Å²) in [7, 11) is -0.411. The van der Waals surface area contributed by atoms with Crippen LogP contribution in [-0.4, -0.2) is 70.4 Å². The van der Waals surface area contributed by atoms with E-state index in [0.29, 0.717) is 30.3 Å². The molecule has 1 N–H and O–H groups in total. The number of amides is 1. The van der Waals surface area contributed by atoms with Crippen LogP contribution in [0.15, 0.2) is 40.5 Å². The molecule has 2 aromatic rings. The summed E-state index contributed by atoms with van der Waals surface area (Å²) >= 11 is 1.28. The van der Waals surface area contributed by atoms with E-state index in [9.17, 15) is 13.2 Å². The third-order valence-electron chi connectivity index (χ3n) is 4.78. The Bertz CT molecular complexity index is 1060. The van der Waals surface area contributed by atoms with Crippen molar-refractivity contribution in [2.24, 2.45) is 5.16 Å². The minimum atomic E-state index is -3.52. The largest absolute Gasteiger partial charge is 0.390 e. The van der Waals surface area contributed by atoms with Gasteiger partial charge in [0.1, 0.15) is 6.10 Å². The highest BCUT2D eigenvalue weighted by molar-refractivity contribution is 7.92. The number of hydrogen-bond acceptors (Lipinski definition) is 10. The molecule has 1 saturated heterocycles. The zero-order chi connectivity index (χ0) is 23.8. The first-order valence-electron chi connectivity index (χ1n) is 10.2. The molecular weight excluding hydrogens is 470 g/mol. The summed E-state index contributed by atoms with van der Waals surface area (Å²) in [5.74, 6) is -0.544. The maximum absolute atomic E-state index is 13.0. The summed E-state index contributed by atoms with van der Waals surface area (Å²) in [5, 5.41) is 6.54. The number of hydrogen-bond donors (Lipinski definition) is 1. The van der Waals surface area contributed by atoms with Crippen molar-refractivity contribution in [1.29, 1.82) is 0 Å². The van der Waals surface area contributed by atoms with Crippen molar-refractivity contribution in [1.82, 2.24) is 4.98 Å². The predicted molar refractivity (Wildman–Crippen MR) is 123 cm³/mol. The van der Waals surface area contributed by atoms with Crippen LogP contribution in [0.25, 0.3) is 0 Å². The molecule has 12 heteroatoms. The molecule has 1 aliphatic rings. The molecule has 1 aliphatic heterocycles. The van der Waals surface area contributed by atoms with Gasteiger partial charge < -0.3 is 19.0 Å². The fourth-order valence-electron chi connectivity index (χ4n) is 3.12. The van der Waals surface area contributed by atoms with Gasteiger partial charge in [0.15, 0.2) is 20.7 Å². The Morgan fingerprint density at radius 3 is 2.70 bits per heavy atom. The molecule has 2 heterocycles. The van der Waals surface area contributed by atoms with E-state index in [4.69, 9.17) is 19.0 Å². The topological polar surface area (TPSA) is 125 Å². The molecule has 1 aromatic heterocycles. The third kappa shape index (κ3) is 6.58. The Morgan fingerprint density at radius 2 is 2.06 bits per heavy atom. The quantitative estimate of drug-likeness (QED) is 0.370. The maximum Gasteiger partial charge on any atom is 0.280 e. The first-order chi connectivity index (χ1) is 15.8. The van der Waals surface area contributed by atoms with E-state index in [0.717, 1.165) is 4.88 Å². The van der Waals surface area contributed by atoms with Crippen molar-refractivity contribution >= 4 is 37.9 Å². The minimum Gasteiger partial charge on any atom is -0.390 e. The van der Waals surface area contributed by atoms with Crippen molar-refractivity contribution < 1.29 is 32.3 Å². The first-order valence-corrected chi connectivity index (χ1v) is 12.6. The predicted octanol–water partition coefficient (Wildman–Crippen LogP) is 2.25. The van der Waals surface area contributed by atoms with Crippen molar-refractivity contribution in [3.8, 4) is 0 Å². The maximum atomic E-state index is 13.0. The lowest BCUT2D eigenvalue weighted by Gasteiger charge is -2.12. The number of anilines is 1. The number of methoxy groups -OCH3 is 2. The fraction of sp³-hybridized carbons (Fsp3) is 0.476. The van der Waals surface area contributed by atoms with Gasteiger partial charge in [0.25, 0.3) is 5.91 Å². The molecular formula is C21H27N3O7S2. The van der Waals surface area contributed by atoms with Crippen LogP contribution in [0.3, 0.4) is 0 Å². The number of ether oxygens (including phenoxy) is 3. The van der Waals surface area contributed by atoms with Crippen LogP contribution in [0.4, 0.5) is 5.13 Å². The van der Waals surface area contributed by atoms with Crippen molar-refractivity contribution in [2.75, 3.05) is 39.4 Å². The Morgan fingerprint density at radius 1 is 1.30 bits per heavy atom. The van der Waals surface area contributed by atoms with Gasteiger partial charge in [-0.2, -0.15) is 0 Å². The average Bonchev–Trinajstić information content (AvgIpc) is 3.48. The van der Waals surface area contributed by atoms with Crippen LogP contribution in [0, 0.1) is 0 Å². The summed E-state index contributed by atoms with van der Waals surface area (Å²) < 4.78 is 40.9. The van der Waals surface area contributed by atoms with Gasteiger partial charge in [-0.15, -0.1) is 0 Å². The zero-order valence-corrected chi connectivity index (χ0v) is 20.3. The number of sulfone groups is 1.